The Balaban J connectivity index is 2.66. The van der Waals surface area contributed by atoms with Crippen molar-refractivity contribution in [3.8, 4) is 0 Å². The highest BCUT2D eigenvalue weighted by Gasteiger charge is 1.97. The van der Waals surface area contributed by atoms with Crippen LogP contribution in [0.25, 0.3) is 0 Å². The molecule has 0 saturated heterocycles. The molecule has 0 amide bonds. The van der Waals surface area contributed by atoms with Crippen molar-refractivity contribution in [2.24, 2.45) is 0 Å². The van der Waals surface area contributed by atoms with Gasteiger partial charge in [-0.1, -0.05) is 17.7 Å². The van der Waals surface area contributed by atoms with Gasteiger partial charge in [0.15, 0.2) is 0 Å². The van der Waals surface area contributed by atoms with Crippen LogP contribution in [0.4, 0.5) is 0 Å². The Hall–Kier alpha value is -0.550. The molecule has 0 aliphatic heterocycles. The average Bonchev–Trinajstić information content (AvgIpc) is 1.93. The van der Waals surface area contributed by atoms with Crippen LogP contribution in [0.1, 0.15) is 5.56 Å². The molecule has 0 spiro atoms. The summed E-state index contributed by atoms with van der Waals surface area (Å²) in [5.74, 6) is 0. The van der Waals surface area contributed by atoms with Crippen LogP contribution < -0.4 is 0 Å². The van der Waals surface area contributed by atoms with E-state index in [1.165, 1.54) is 0 Å². The quantitative estimate of drug-likeness (QED) is 0.528. The zero-order chi connectivity index (χ0) is 8.27. The van der Waals surface area contributed by atoms with Crippen molar-refractivity contribution in [3.63, 3.8) is 0 Å². The molecule has 2 N–H and O–H groups in total. The summed E-state index contributed by atoms with van der Waals surface area (Å²) >= 11 is 0.852. The van der Waals surface area contributed by atoms with Gasteiger partial charge in [-0.2, -0.15) is 0 Å². The molecule has 11 heavy (non-hydrogen) atoms. The molecule has 0 aliphatic rings. The maximum absolute atomic E-state index is 8.43. The van der Waals surface area contributed by atoms with Crippen LogP contribution in [0, 0.1) is 6.92 Å². The Morgan fingerprint density at radius 1 is 1.18 bits per heavy atom. The monoisotopic (exact) mass is 171 g/mol. The molecule has 0 bridgehead atoms. The predicted molar refractivity (Wildman–Crippen MR) is 42.4 cm³/mol. The fourth-order valence-electron chi connectivity index (χ4n) is 0.693. The second-order valence-corrected chi connectivity index (χ2v) is 3.14. The first kappa shape index (κ1) is 8.55. The molecule has 0 radical (unpaired) electrons. The number of aryl methyl sites for hydroxylation is 1. The lowest BCUT2D eigenvalue weighted by atomic mass is 10.2. The first-order valence-electron chi connectivity index (χ1n) is 3.11. The van der Waals surface area contributed by atoms with Gasteiger partial charge in [-0.05, 0) is 23.7 Å². The van der Waals surface area contributed by atoms with E-state index in [2.05, 4.69) is 0 Å². The molecule has 4 heteroatoms. The maximum Gasteiger partial charge on any atom is 0.0276 e. The van der Waals surface area contributed by atoms with Crippen molar-refractivity contribution >= 4 is 11.9 Å². The minimum absolute atomic E-state index is 0.0880. The molecule has 0 aromatic heterocycles. The number of rotatable bonds is 2. The molecule has 1 rings (SSSR count). The fourth-order valence-corrected chi connectivity index (χ4v) is 1.14. The van der Waals surface area contributed by atoms with Gasteiger partial charge in [-0.3, -0.25) is 10.4 Å². The molecule has 0 aliphatic carbocycles. The highest BCUT2D eigenvalue weighted by Crippen LogP contribution is 2.18. The second kappa shape index (κ2) is 3.73. The summed E-state index contributed by atoms with van der Waals surface area (Å²) in [5, 5.41) is 16.9. The van der Waals surface area contributed by atoms with E-state index >= 15 is 0 Å². The molecule has 0 heterocycles. The first-order chi connectivity index (χ1) is 5.18. The van der Waals surface area contributed by atoms with E-state index in [4.69, 9.17) is 10.4 Å². The average molecular weight is 171 g/mol. The van der Waals surface area contributed by atoms with Crippen molar-refractivity contribution in [1.82, 2.24) is 4.63 Å². The fraction of sp³-hybridized carbons (Fsp3) is 0.143. The van der Waals surface area contributed by atoms with Gasteiger partial charge in [0.1, 0.15) is 0 Å². The van der Waals surface area contributed by atoms with Gasteiger partial charge >= 0.3 is 0 Å². The first-order valence-corrected chi connectivity index (χ1v) is 3.88. The van der Waals surface area contributed by atoms with Crippen molar-refractivity contribution in [1.29, 1.82) is 0 Å². The van der Waals surface area contributed by atoms with Gasteiger partial charge in [-0.15, -0.1) is 0 Å². The summed E-state index contributed by atoms with van der Waals surface area (Å²) in [4.78, 5) is 0.792. The Kier molecular flexibility index (Phi) is 2.90. The molecular formula is C7H9NO2S. The van der Waals surface area contributed by atoms with Crippen LogP contribution in [-0.4, -0.2) is 15.0 Å². The Bertz CT molecular complexity index is 222. The highest BCUT2D eigenvalue weighted by molar-refractivity contribution is 7.96. The third kappa shape index (κ3) is 2.90. The Morgan fingerprint density at radius 2 is 1.73 bits per heavy atom. The molecular weight excluding hydrogens is 162 g/mol. The van der Waals surface area contributed by atoms with E-state index < -0.39 is 0 Å². The molecule has 1 aromatic rings. The minimum atomic E-state index is 0.0880. The number of nitrogens with zero attached hydrogens (tertiary/aromatic N) is 1. The van der Waals surface area contributed by atoms with E-state index in [1.807, 2.05) is 31.2 Å². The maximum atomic E-state index is 8.43. The van der Waals surface area contributed by atoms with Gasteiger partial charge in [0.2, 0.25) is 0 Å². The normalized spacial score (nSPS) is 10.5. The molecule has 1 aromatic carbocycles. The van der Waals surface area contributed by atoms with Crippen molar-refractivity contribution in [3.05, 3.63) is 29.8 Å². The summed E-state index contributed by atoms with van der Waals surface area (Å²) < 4.78 is 0.0880. The number of hydrogen-bond acceptors (Lipinski definition) is 4. The van der Waals surface area contributed by atoms with Crippen LogP contribution in [0.15, 0.2) is 29.2 Å². The molecule has 0 saturated carbocycles. The zero-order valence-electron chi connectivity index (χ0n) is 6.06. The van der Waals surface area contributed by atoms with E-state index in [-0.39, 0.29) is 4.63 Å². The zero-order valence-corrected chi connectivity index (χ0v) is 6.88. The summed E-state index contributed by atoms with van der Waals surface area (Å²) in [6.07, 6.45) is 0. The minimum Gasteiger partial charge on any atom is -0.280 e. The summed E-state index contributed by atoms with van der Waals surface area (Å²) in [7, 11) is 0. The number of benzene rings is 1. The summed E-state index contributed by atoms with van der Waals surface area (Å²) in [6, 6.07) is 7.45. The highest BCUT2D eigenvalue weighted by atomic mass is 32.2. The van der Waals surface area contributed by atoms with E-state index in [0.29, 0.717) is 0 Å². The summed E-state index contributed by atoms with van der Waals surface area (Å²) in [5.41, 5.74) is 1.15. The van der Waals surface area contributed by atoms with Crippen molar-refractivity contribution < 1.29 is 10.4 Å². The van der Waals surface area contributed by atoms with Gasteiger partial charge < -0.3 is 0 Å². The molecule has 0 unspecified atom stereocenters. The lowest BCUT2D eigenvalue weighted by Gasteiger charge is -2.03. The molecule has 3 nitrogen and oxygen atoms in total. The van der Waals surface area contributed by atoms with Crippen LogP contribution in [-0.2, 0) is 0 Å². The predicted octanol–water partition coefficient (Wildman–Crippen LogP) is 2.08. The van der Waals surface area contributed by atoms with Gasteiger partial charge in [0.25, 0.3) is 0 Å². The van der Waals surface area contributed by atoms with Crippen LogP contribution in [0.3, 0.4) is 0 Å². The van der Waals surface area contributed by atoms with E-state index in [9.17, 15) is 0 Å². The molecule has 0 fully saturated rings. The smallest absolute Gasteiger partial charge is 0.0276 e. The lowest BCUT2D eigenvalue weighted by Crippen LogP contribution is -2.00. The van der Waals surface area contributed by atoms with Crippen LogP contribution in [0.5, 0.6) is 0 Å². The SMILES string of the molecule is Cc1ccc(SN(O)O)cc1. The van der Waals surface area contributed by atoms with Crippen LogP contribution >= 0.6 is 11.9 Å². The van der Waals surface area contributed by atoms with Gasteiger partial charge in [0, 0.05) is 16.8 Å². The van der Waals surface area contributed by atoms with Gasteiger partial charge in [0.05, 0.1) is 0 Å². The third-order valence-corrected chi connectivity index (χ3v) is 1.85. The van der Waals surface area contributed by atoms with Gasteiger partial charge in [-0.25, -0.2) is 0 Å². The van der Waals surface area contributed by atoms with E-state index in [0.717, 1.165) is 22.4 Å². The Labute approximate surface area is 69.3 Å². The Morgan fingerprint density at radius 3 is 2.18 bits per heavy atom. The standard InChI is InChI=1S/C7H9NO2S/c1-6-2-4-7(5-3-6)11-8(9)10/h2-5,9-10H,1H3. The molecule has 60 valence electrons. The number of hydrogen-bond donors (Lipinski definition) is 2. The molecule has 0 atom stereocenters. The van der Waals surface area contributed by atoms with Crippen molar-refractivity contribution in [2.75, 3.05) is 0 Å². The summed E-state index contributed by atoms with van der Waals surface area (Å²) in [6.45, 7) is 1.98. The van der Waals surface area contributed by atoms with E-state index in [1.54, 1.807) is 0 Å². The van der Waals surface area contributed by atoms with Crippen LogP contribution in [0.2, 0.25) is 0 Å². The van der Waals surface area contributed by atoms with Crippen molar-refractivity contribution in [2.45, 2.75) is 11.8 Å². The topological polar surface area (TPSA) is 43.7 Å². The second-order valence-electron chi connectivity index (χ2n) is 2.16. The lowest BCUT2D eigenvalue weighted by molar-refractivity contribution is -0.216. The third-order valence-electron chi connectivity index (χ3n) is 1.21. The largest absolute Gasteiger partial charge is 0.280 e.